The Morgan fingerprint density at radius 2 is 1.68 bits per heavy atom. The van der Waals surface area contributed by atoms with Gasteiger partial charge in [-0.15, -0.1) is 0 Å². The molecule has 0 aliphatic heterocycles. The number of aryl methyl sites for hydroxylation is 3. The molecule has 124 valence electrons. The lowest BCUT2D eigenvalue weighted by Crippen LogP contribution is -2.37. The van der Waals surface area contributed by atoms with Crippen molar-refractivity contribution in [3.63, 3.8) is 0 Å². The van der Waals surface area contributed by atoms with Gasteiger partial charge in [0.25, 0.3) is 0 Å². The third-order valence-electron chi connectivity index (χ3n) is 4.76. The fourth-order valence-corrected chi connectivity index (χ4v) is 4.54. The van der Waals surface area contributed by atoms with Crippen molar-refractivity contribution < 1.29 is 13.5 Å². The summed E-state index contributed by atoms with van der Waals surface area (Å²) >= 11 is 0. The van der Waals surface area contributed by atoms with Crippen molar-refractivity contribution in [3.8, 4) is 0 Å². The van der Waals surface area contributed by atoms with E-state index in [0.717, 1.165) is 42.4 Å². The lowest BCUT2D eigenvalue weighted by atomic mass is 9.85. The molecule has 1 fully saturated rings. The molecule has 22 heavy (non-hydrogen) atoms. The van der Waals surface area contributed by atoms with E-state index >= 15 is 0 Å². The largest absolute Gasteiger partial charge is 0.391 e. The predicted octanol–water partition coefficient (Wildman–Crippen LogP) is 2.83. The molecule has 0 aromatic heterocycles. The van der Waals surface area contributed by atoms with E-state index in [1.54, 1.807) is 13.0 Å². The Bertz CT molecular complexity index is 619. The molecule has 1 aliphatic rings. The number of nitrogens with one attached hydrogen (secondary N) is 1. The molecular formula is C17H27NO3S. The van der Waals surface area contributed by atoms with Crippen molar-refractivity contribution in [3.05, 3.63) is 28.8 Å². The van der Waals surface area contributed by atoms with Crippen LogP contribution in [0.4, 0.5) is 0 Å². The second kappa shape index (κ2) is 7.11. The maximum Gasteiger partial charge on any atom is 0.240 e. The highest BCUT2D eigenvalue weighted by molar-refractivity contribution is 7.89. The van der Waals surface area contributed by atoms with Crippen LogP contribution in [0.25, 0.3) is 0 Å². The summed E-state index contributed by atoms with van der Waals surface area (Å²) in [5.74, 6) is 0.220. The van der Waals surface area contributed by atoms with Gasteiger partial charge in [0.05, 0.1) is 11.0 Å². The first-order chi connectivity index (χ1) is 10.3. The highest BCUT2D eigenvalue weighted by Crippen LogP contribution is 2.26. The molecule has 1 aliphatic carbocycles. The standard InChI is InChI=1S/C17H27NO3S/c1-12-9-14(3)17(10-13(12)2)22(20,21)18-11-16(19)15-7-5-4-6-8-15/h9-10,15-16,18-19H,4-8,11H2,1-3H3. The monoisotopic (exact) mass is 325 g/mol. The predicted molar refractivity (Wildman–Crippen MR) is 88.4 cm³/mol. The fourth-order valence-electron chi connectivity index (χ4n) is 3.18. The van der Waals surface area contributed by atoms with Crippen LogP contribution in [0.15, 0.2) is 17.0 Å². The number of aliphatic hydroxyl groups is 1. The SMILES string of the molecule is Cc1cc(C)c(S(=O)(=O)NCC(O)C2CCCCC2)cc1C. The van der Waals surface area contributed by atoms with Gasteiger partial charge in [-0.25, -0.2) is 13.1 Å². The Balaban J connectivity index is 2.06. The summed E-state index contributed by atoms with van der Waals surface area (Å²) in [5.41, 5.74) is 2.78. The van der Waals surface area contributed by atoms with E-state index in [-0.39, 0.29) is 12.5 Å². The quantitative estimate of drug-likeness (QED) is 0.875. The zero-order valence-electron chi connectivity index (χ0n) is 13.7. The van der Waals surface area contributed by atoms with Crippen LogP contribution in [0.2, 0.25) is 0 Å². The molecule has 1 aromatic carbocycles. The van der Waals surface area contributed by atoms with Gasteiger partial charge in [-0.2, -0.15) is 0 Å². The van der Waals surface area contributed by atoms with E-state index in [1.807, 2.05) is 19.9 Å². The summed E-state index contributed by atoms with van der Waals surface area (Å²) in [6.45, 7) is 5.78. The number of aliphatic hydroxyl groups excluding tert-OH is 1. The second-order valence-electron chi connectivity index (χ2n) is 6.52. The minimum atomic E-state index is -3.57. The molecule has 4 nitrogen and oxygen atoms in total. The summed E-state index contributed by atoms with van der Waals surface area (Å²) in [5, 5.41) is 10.2. The average molecular weight is 325 g/mol. The summed E-state index contributed by atoms with van der Waals surface area (Å²) in [6, 6.07) is 3.60. The van der Waals surface area contributed by atoms with Crippen LogP contribution < -0.4 is 4.72 Å². The van der Waals surface area contributed by atoms with Gasteiger partial charge in [0, 0.05) is 6.54 Å². The molecule has 2 rings (SSSR count). The highest BCUT2D eigenvalue weighted by atomic mass is 32.2. The van der Waals surface area contributed by atoms with Crippen molar-refractivity contribution in [2.45, 2.75) is 63.9 Å². The van der Waals surface area contributed by atoms with E-state index in [9.17, 15) is 13.5 Å². The van der Waals surface area contributed by atoms with Gasteiger partial charge in [-0.1, -0.05) is 25.3 Å². The molecule has 0 amide bonds. The van der Waals surface area contributed by atoms with Crippen molar-refractivity contribution in [1.82, 2.24) is 4.72 Å². The summed E-state index contributed by atoms with van der Waals surface area (Å²) in [7, 11) is -3.57. The molecule has 0 spiro atoms. The van der Waals surface area contributed by atoms with Gasteiger partial charge in [-0.05, 0) is 62.3 Å². The van der Waals surface area contributed by atoms with Gasteiger partial charge in [0.2, 0.25) is 10.0 Å². The Morgan fingerprint density at radius 3 is 2.32 bits per heavy atom. The molecule has 0 heterocycles. The topological polar surface area (TPSA) is 66.4 Å². The smallest absolute Gasteiger partial charge is 0.240 e. The van der Waals surface area contributed by atoms with Crippen molar-refractivity contribution >= 4 is 10.0 Å². The van der Waals surface area contributed by atoms with Crippen LogP contribution in [0.1, 0.15) is 48.8 Å². The molecule has 2 N–H and O–H groups in total. The average Bonchev–Trinajstić information content (AvgIpc) is 2.49. The minimum Gasteiger partial charge on any atom is -0.391 e. The van der Waals surface area contributed by atoms with Gasteiger partial charge >= 0.3 is 0 Å². The molecule has 1 unspecified atom stereocenters. The normalized spacial score (nSPS) is 18.4. The van der Waals surface area contributed by atoms with E-state index in [2.05, 4.69) is 4.72 Å². The zero-order valence-corrected chi connectivity index (χ0v) is 14.5. The second-order valence-corrected chi connectivity index (χ2v) is 8.25. The molecule has 5 heteroatoms. The minimum absolute atomic E-state index is 0.0966. The maximum absolute atomic E-state index is 12.5. The van der Waals surface area contributed by atoms with Gasteiger partial charge in [-0.3, -0.25) is 0 Å². The molecular weight excluding hydrogens is 298 g/mol. The lowest BCUT2D eigenvalue weighted by molar-refractivity contribution is 0.0888. The first kappa shape index (κ1) is 17.4. The van der Waals surface area contributed by atoms with Crippen LogP contribution in [0.5, 0.6) is 0 Å². The van der Waals surface area contributed by atoms with E-state index in [1.165, 1.54) is 6.42 Å². The number of hydrogen-bond donors (Lipinski definition) is 2. The van der Waals surface area contributed by atoms with Crippen molar-refractivity contribution in [2.24, 2.45) is 5.92 Å². The van der Waals surface area contributed by atoms with Crippen molar-refractivity contribution in [2.75, 3.05) is 6.54 Å². The Kier molecular flexibility index (Phi) is 5.64. The van der Waals surface area contributed by atoms with Crippen LogP contribution in [0.3, 0.4) is 0 Å². The lowest BCUT2D eigenvalue weighted by Gasteiger charge is -2.26. The van der Waals surface area contributed by atoms with Crippen LogP contribution in [-0.4, -0.2) is 26.2 Å². The summed E-state index contributed by atoms with van der Waals surface area (Å²) in [6.07, 6.45) is 4.87. The van der Waals surface area contributed by atoms with E-state index < -0.39 is 16.1 Å². The molecule has 0 radical (unpaired) electrons. The number of benzene rings is 1. The fraction of sp³-hybridized carbons (Fsp3) is 0.647. The molecule has 1 aromatic rings. The van der Waals surface area contributed by atoms with E-state index in [4.69, 9.17) is 0 Å². The van der Waals surface area contributed by atoms with Crippen LogP contribution in [-0.2, 0) is 10.0 Å². The number of rotatable bonds is 5. The molecule has 1 saturated carbocycles. The van der Waals surface area contributed by atoms with Gasteiger partial charge in [0.1, 0.15) is 0 Å². The third kappa shape index (κ3) is 4.09. The maximum atomic E-state index is 12.5. The van der Waals surface area contributed by atoms with Crippen LogP contribution >= 0.6 is 0 Å². The molecule has 0 bridgehead atoms. The van der Waals surface area contributed by atoms with Gasteiger partial charge in [0.15, 0.2) is 0 Å². The third-order valence-corrected chi connectivity index (χ3v) is 6.32. The Morgan fingerprint density at radius 1 is 1.09 bits per heavy atom. The van der Waals surface area contributed by atoms with E-state index in [0.29, 0.717) is 4.90 Å². The zero-order chi connectivity index (χ0) is 16.3. The first-order valence-electron chi connectivity index (χ1n) is 8.07. The molecule has 1 atom stereocenters. The van der Waals surface area contributed by atoms with Crippen LogP contribution in [0, 0.1) is 26.7 Å². The Labute approximate surface area is 134 Å². The molecule has 0 saturated heterocycles. The first-order valence-corrected chi connectivity index (χ1v) is 9.55. The summed E-state index contributed by atoms with van der Waals surface area (Å²) < 4.78 is 27.5. The highest BCUT2D eigenvalue weighted by Gasteiger charge is 2.24. The number of sulfonamides is 1. The summed E-state index contributed by atoms with van der Waals surface area (Å²) in [4.78, 5) is 0.312. The van der Waals surface area contributed by atoms with Gasteiger partial charge < -0.3 is 5.11 Å². The Hall–Kier alpha value is -0.910. The van der Waals surface area contributed by atoms with Crippen molar-refractivity contribution in [1.29, 1.82) is 0 Å². The number of hydrogen-bond acceptors (Lipinski definition) is 3.